The Balaban J connectivity index is 2.44. The minimum absolute atomic E-state index is 0.484. The molecule has 2 nitrogen and oxygen atoms in total. The maximum Gasteiger partial charge on any atom is 0.135 e. The normalized spacial score (nSPS) is 12.3. The number of furan rings is 1. The first-order valence-electron chi connectivity index (χ1n) is 4.85. The predicted octanol–water partition coefficient (Wildman–Crippen LogP) is 3.40. The van der Waals surface area contributed by atoms with Crippen molar-refractivity contribution in [1.29, 1.82) is 0 Å². The number of fused-ring (bicyclic) bond motifs is 1. The van der Waals surface area contributed by atoms with Gasteiger partial charge >= 0.3 is 0 Å². The molecule has 2 rings (SSSR count). The molecule has 0 unspecified atom stereocenters. The van der Waals surface area contributed by atoms with Gasteiger partial charge in [0, 0.05) is 11.8 Å². The van der Waals surface area contributed by atoms with Crippen LogP contribution in [0.2, 0.25) is 5.02 Å². The molecule has 2 aromatic rings. The molecule has 3 heteroatoms. The topological polar surface area (TPSA) is 33.4 Å². The Morgan fingerprint density at radius 2 is 2.13 bits per heavy atom. The van der Waals surface area contributed by atoms with Crippen molar-refractivity contribution in [3.63, 3.8) is 0 Å². The van der Waals surface area contributed by atoms with Crippen molar-refractivity contribution in [3.05, 3.63) is 35.0 Å². The Kier molecular flexibility index (Phi) is 2.49. The van der Waals surface area contributed by atoms with E-state index in [1.807, 2.05) is 24.3 Å². The van der Waals surface area contributed by atoms with E-state index >= 15 is 0 Å². The SMILES string of the molecule is CC(C)(O)Cc1cc2c(Cl)cccc2o1. The van der Waals surface area contributed by atoms with Gasteiger partial charge in [0.15, 0.2) is 0 Å². The van der Waals surface area contributed by atoms with E-state index in [9.17, 15) is 5.11 Å². The van der Waals surface area contributed by atoms with Crippen molar-refractivity contribution in [1.82, 2.24) is 0 Å². The highest BCUT2D eigenvalue weighted by atomic mass is 35.5. The van der Waals surface area contributed by atoms with E-state index in [4.69, 9.17) is 16.0 Å². The third-order valence-corrected chi connectivity index (χ3v) is 2.50. The van der Waals surface area contributed by atoms with E-state index in [0.29, 0.717) is 11.4 Å². The minimum Gasteiger partial charge on any atom is -0.461 e. The summed E-state index contributed by atoms with van der Waals surface area (Å²) in [5.74, 6) is 0.755. The minimum atomic E-state index is -0.764. The summed E-state index contributed by atoms with van der Waals surface area (Å²) in [7, 11) is 0. The molecule has 0 atom stereocenters. The lowest BCUT2D eigenvalue weighted by Crippen LogP contribution is -2.21. The monoisotopic (exact) mass is 224 g/mol. The second-order valence-electron chi connectivity index (χ2n) is 4.35. The fraction of sp³-hybridized carbons (Fsp3) is 0.333. The molecule has 15 heavy (non-hydrogen) atoms. The van der Waals surface area contributed by atoms with Gasteiger partial charge in [-0.3, -0.25) is 0 Å². The zero-order valence-corrected chi connectivity index (χ0v) is 9.51. The lowest BCUT2D eigenvalue weighted by atomic mass is 10.0. The summed E-state index contributed by atoms with van der Waals surface area (Å²) in [5.41, 5.74) is 0.00197. The molecule has 0 fully saturated rings. The van der Waals surface area contributed by atoms with Crippen LogP contribution in [0.15, 0.2) is 28.7 Å². The quantitative estimate of drug-likeness (QED) is 0.848. The van der Waals surface area contributed by atoms with Gasteiger partial charge in [0.2, 0.25) is 0 Å². The highest BCUT2D eigenvalue weighted by Gasteiger charge is 2.17. The van der Waals surface area contributed by atoms with Crippen molar-refractivity contribution >= 4 is 22.6 Å². The Morgan fingerprint density at radius 1 is 1.40 bits per heavy atom. The molecule has 1 heterocycles. The summed E-state index contributed by atoms with van der Waals surface area (Å²) in [5, 5.41) is 11.3. The molecule has 80 valence electrons. The van der Waals surface area contributed by atoms with Crippen molar-refractivity contribution in [2.24, 2.45) is 0 Å². The molecule has 0 saturated heterocycles. The maximum absolute atomic E-state index is 9.67. The molecule has 0 amide bonds. The van der Waals surface area contributed by atoms with Gasteiger partial charge in [-0.1, -0.05) is 17.7 Å². The highest BCUT2D eigenvalue weighted by molar-refractivity contribution is 6.35. The lowest BCUT2D eigenvalue weighted by molar-refractivity contribution is 0.0757. The fourth-order valence-corrected chi connectivity index (χ4v) is 1.81. The van der Waals surface area contributed by atoms with Crippen LogP contribution in [0.25, 0.3) is 11.0 Å². The zero-order chi connectivity index (χ0) is 11.1. The summed E-state index contributed by atoms with van der Waals surface area (Å²) in [6.07, 6.45) is 0.484. The van der Waals surface area contributed by atoms with Crippen LogP contribution in [-0.4, -0.2) is 10.7 Å². The third kappa shape index (κ3) is 2.33. The van der Waals surface area contributed by atoms with Crippen LogP contribution in [-0.2, 0) is 6.42 Å². The molecule has 0 spiro atoms. The molecule has 0 aliphatic heterocycles. The number of aliphatic hydroxyl groups is 1. The van der Waals surface area contributed by atoms with Crippen molar-refractivity contribution in [2.45, 2.75) is 25.9 Å². The van der Waals surface area contributed by atoms with E-state index < -0.39 is 5.60 Å². The Labute approximate surface area is 93.5 Å². The van der Waals surface area contributed by atoms with Gasteiger partial charge < -0.3 is 9.52 Å². The molecule has 0 radical (unpaired) electrons. The molecule has 0 bridgehead atoms. The van der Waals surface area contributed by atoms with Crippen LogP contribution < -0.4 is 0 Å². The van der Waals surface area contributed by atoms with Gasteiger partial charge in [-0.2, -0.15) is 0 Å². The molecule has 0 saturated carbocycles. The third-order valence-electron chi connectivity index (χ3n) is 2.17. The fourth-order valence-electron chi connectivity index (χ4n) is 1.59. The second-order valence-corrected chi connectivity index (χ2v) is 4.76. The van der Waals surface area contributed by atoms with Crippen molar-refractivity contribution < 1.29 is 9.52 Å². The van der Waals surface area contributed by atoms with Crippen molar-refractivity contribution in [3.8, 4) is 0 Å². The smallest absolute Gasteiger partial charge is 0.135 e. The van der Waals surface area contributed by atoms with Gasteiger partial charge in [0.25, 0.3) is 0 Å². The summed E-state index contributed by atoms with van der Waals surface area (Å²) in [6.45, 7) is 3.50. The molecule has 1 aromatic carbocycles. The van der Waals surface area contributed by atoms with Gasteiger partial charge in [0.1, 0.15) is 11.3 Å². The van der Waals surface area contributed by atoms with Crippen LogP contribution in [0, 0.1) is 0 Å². The first-order valence-corrected chi connectivity index (χ1v) is 5.23. The Hall–Kier alpha value is -0.990. The first kappa shape index (κ1) is 10.5. The summed E-state index contributed by atoms with van der Waals surface area (Å²) >= 11 is 6.02. The predicted molar refractivity (Wildman–Crippen MR) is 61.2 cm³/mol. The molecule has 0 aliphatic carbocycles. The van der Waals surface area contributed by atoms with Gasteiger partial charge in [0.05, 0.1) is 10.6 Å². The van der Waals surface area contributed by atoms with E-state index in [1.165, 1.54) is 0 Å². The summed E-state index contributed by atoms with van der Waals surface area (Å²) in [4.78, 5) is 0. The van der Waals surface area contributed by atoms with E-state index in [1.54, 1.807) is 13.8 Å². The first-order chi connectivity index (χ1) is 6.96. The van der Waals surface area contributed by atoms with Crippen LogP contribution in [0.3, 0.4) is 0 Å². The number of benzene rings is 1. The lowest BCUT2D eigenvalue weighted by Gasteiger charge is -2.14. The number of halogens is 1. The molecule has 0 aliphatic rings. The van der Waals surface area contributed by atoms with E-state index in [-0.39, 0.29) is 0 Å². The Bertz CT molecular complexity index is 480. The average Bonchev–Trinajstić information content (AvgIpc) is 2.45. The van der Waals surface area contributed by atoms with Crippen LogP contribution in [0.4, 0.5) is 0 Å². The molecule has 1 aromatic heterocycles. The van der Waals surface area contributed by atoms with Crippen LogP contribution in [0.1, 0.15) is 19.6 Å². The largest absolute Gasteiger partial charge is 0.461 e. The number of hydrogen-bond acceptors (Lipinski definition) is 2. The van der Waals surface area contributed by atoms with Crippen molar-refractivity contribution in [2.75, 3.05) is 0 Å². The highest BCUT2D eigenvalue weighted by Crippen LogP contribution is 2.28. The van der Waals surface area contributed by atoms with Crippen LogP contribution >= 0.6 is 11.6 Å². The zero-order valence-electron chi connectivity index (χ0n) is 8.75. The summed E-state index contributed by atoms with van der Waals surface area (Å²) in [6, 6.07) is 7.43. The number of rotatable bonds is 2. The second kappa shape index (κ2) is 3.54. The van der Waals surface area contributed by atoms with Gasteiger partial charge in [-0.25, -0.2) is 0 Å². The standard InChI is InChI=1S/C12H13ClO2/c1-12(2,14)7-8-6-9-10(13)4-3-5-11(9)15-8/h3-6,14H,7H2,1-2H3. The Morgan fingerprint density at radius 3 is 2.73 bits per heavy atom. The van der Waals surface area contributed by atoms with Gasteiger partial charge in [-0.05, 0) is 32.0 Å². The van der Waals surface area contributed by atoms with Crippen LogP contribution in [0.5, 0.6) is 0 Å². The number of hydrogen-bond donors (Lipinski definition) is 1. The van der Waals surface area contributed by atoms with E-state index in [2.05, 4.69) is 0 Å². The molecular weight excluding hydrogens is 212 g/mol. The average molecular weight is 225 g/mol. The molecular formula is C12H13ClO2. The maximum atomic E-state index is 9.67. The van der Waals surface area contributed by atoms with E-state index in [0.717, 1.165) is 16.7 Å². The van der Waals surface area contributed by atoms with Gasteiger partial charge in [-0.15, -0.1) is 0 Å². The summed E-state index contributed by atoms with van der Waals surface area (Å²) < 4.78 is 5.58. The molecule has 1 N–H and O–H groups in total.